The summed E-state index contributed by atoms with van der Waals surface area (Å²) >= 11 is 0. The van der Waals surface area contributed by atoms with Crippen molar-refractivity contribution >= 4 is 11.6 Å². The third-order valence-electron chi connectivity index (χ3n) is 9.09. The predicted molar refractivity (Wildman–Crippen MR) is 203 cm³/mol. The zero-order valence-corrected chi connectivity index (χ0v) is 31.2. The summed E-state index contributed by atoms with van der Waals surface area (Å²) in [6, 6.07) is 31.3. The Morgan fingerprint density at radius 2 is 0.922 bits per heavy atom. The first-order chi connectivity index (χ1) is 24.6. The molecule has 0 amide bonds. The van der Waals surface area contributed by atoms with E-state index >= 15 is 0 Å². The summed E-state index contributed by atoms with van der Waals surface area (Å²) in [5.41, 5.74) is 2.55. The van der Waals surface area contributed by atoms with Gasteiger partial charge in [0.05, 0.1) is 19.6 Å². The van der Waals surface area contributed by atoms with Gasteiger partial charge in [0.25, 0.3) is 0 Å². The van der Waals surface area contributed by atoms with Gasteiger partial charge in [0.2, 0.25) is 0 Å². The van der Waals surface area contributed by atoms with Gasteiger partial charge in [-0.15, -0.1) is 0 Å². The fraction of sp³-hybridized carbons (Fsp3) is 0.395. The molecule has 4 aromatic carbocycles. The topological polar surface area (TPSA) is 77.5 Å². The molecule has 0 spiro atoms. The monoisotopic (exact) mass is 694 g/mol. The number of aryl methyl sites for hydroxylation is 2. The fourth-order valence-corrected chi connectivity index (χ4v) is 6.15. The average Bonchev–Trinajstić information content (AvgIpc) is 3.13. The third kappa shape index (κ3) is 11.7. The van der Waals surface area contributed by atoms with Crippen molar-refractivity contribution in [2.75, 3.05) is 68.7 Å². The zero-order valence-electron chi connectivity index (χ0n) is 31.2. The molecule has 0 saturated heterocycles. The summed E-state index contributed by atoms with van der Waals surface area (Å²) in [7, 11) is 11.2. The van der Waals surface area contributed by atoms with Gasteiger partial charge in [-0.25, -0.2) is 0 Å². The van der Waals surface area contributed by atoms with Crippen LogP contribution in [0.3, 0.4) is 0 Å². The normalized spacial score (nSPS) is 11.5. The third-order valence-corrected chi connectivity index (χ3v) is 9.09. The van der Waals surface area contributed by atoms with Crippen molar-refractivity contribution in [2.24, 2.45) is 5.41 Å². The maximum absolute atomic E-state index is 14.7. The minimum Gasteiger partial charge on any atom is -0.493 e. The van der Waals surface area contributed by atoms with Gasteiger partial charge in [-0.3, -0.25) is 9.59 Å². The van der Waals surface area contributed by atoms with Gasteiger partial charge in [-0.05, 0) is 100 Å². The van der Waals surface area contributed by atoms with Crippen molar-refractivity contribution in [3.05, 3.63) is 119 Å². The number of hydrogen-bond donors (Lipinski definition) is 0. The molecule has 0 aromatic heterocycles. The van der Waals surface area contributed by atoms with E-state index in [1.54, 1.807) is 14.2 Å². The zero-order chi connectivity index (χ0) is 36.6. The number of rotatable bonds is 22. The van der Waals surface area contributed by atoms with E-state index in [9.17, 15) is 9.59 Å². The van der Waals surface area contributed by atoms with Crippen LogP contribution < -0.4 is 18.9 Å². The summed E-state index contributed by atoms with van der Waals surface area (Å²) in [5.74, 6) is 2.45. The minimum absolute atomic E-state index is 0.0623. The van der Waals surface area contributed by atoms with E-state index in [2.05, 4.69) is 9.80 Å². The van der Waals surface area contributed by atoms with Crippen molar-refractivity contribution in [3.8, 4) is 23.0 Å². The lowest BCUT2D eigenvalue weighted by atomic mass is 9.68. The van der Waals surface area contributed by atoms with Crippen LogP contribution in [-0.4, -0.2) is 90.1 Å². The maximum atomic E-state index is 14.7. The highest BCUT2D eigenvalue weighted by Crippen LogP contribution is 2.36. The molecule has 8 nitrogen and oxygen atoms in total. The Morgan fingerprint density at radius 1 is 0.529 bits per heavy atom. The van der Waals surface area contributed by atoms with Crippen molar-refractivity contribution < 1.29 is 28.5 Å². The number of ether oxygens (including phenoxy) is 4. The van der Waals surface area contributed by atoms with Crippen LogP contribution in [0.25, 0.3) is 0 Å². The molecule has 4 aromatic rings. The molecule has 0 radical (unpaired) electrons. The van der Waals surface area contributed by atoms with Crippen molar-refractivity contribution in [1.29, 1.82) is 0 Å². The number of nitrogens with zero attached hydrogens (tertiary/aromatic N) is 2. The number of benzene rings is 4. The van der Waals surface area contributed by atoms with Gasteiger partial charge in [-0.2, -0.15) is 0 Å². The number of carbonyl (C=O) groups excluding carboxylic acids is 2. The van der Waals surface area contributed by atoms with Crippen LogP contribution in [-0.2, 0) is 35.3 Å². The van der Waals surface area contributed by atoms with E-state index in [1.165, 1.54) is 0 Å². The number of likely N-dealkylation sites (N-methyl/N-ethyl adjacent to an activating group) is 2. The second-order valence-electron chi connectivity index (χ2n) is 13.5. The quantitative estimate of drug-likeness (QED) is 0.0836. The first-order valence-corrected chi connectivity index (χ1v) is 17.7. The Bertz CT molecular complexity index is 1550. The van der Waals surface area contributed by atoms with Crippen LogP contribution in [0.15, 0.2) is 97.1 Å². The SMILES string of the molecule is COc1cc(CCC(=O)C(Cc2ccccc2)(Cc2ccccc2)C(=O)CCc2ccc(OCCN(C)C)c(OC)c2)ccc1OCCN(C)C. The molecular weight excluding hydrogens is 640 g/mol. The van der Waals surface area contributed by atoms with Crippen LogP contribution >= 0.6 is 0 Å². The second-order valence-corrected chi connectivity index (χ2v) is 13.5. The van der Waals surface area contributed by atoms with E-state index in [-0.39, 0.29) is 24.4 Å². The number of ketones is 2. The minimum atomic E-state index is -1.25. The Kier molecular flexibility index (Phi) is 15.1. The summed E-state index contributed by atoms with van der Waals surface area (Å²) in [6.07, 6.45) is 2.01. The van der Waals surface area contributed by atoms with E-state index in [0.29, 0.717) is 61.9 Å². The molecule has 0 fully saturated rings. The molecule has 0 atom stereocenters. The summed E-state index contributed by atoms with van der Waals surface area (Å²) in [4.78, 5) is 33.5. The van der Waals surface area contributed by atoms with E-state index < -0.39 is 5.41 Å². The number of hydrogen-bond acceptors (Lipinski definition) is 8. The van der Waals surface area contributed by atoms with Gasteiger partial charge < -0.3 is 28.7 Å². The molecule has 0 N–H and O–H groups in total. The molecule has 0 heterocycles. The molecule has 0 bridgehead atoms. The standard InChI is InChI=1S/C43H54N2O6/c1-44(2)25-27-50-37-21-17-33(29-39(37)48-5)19-23-41(46)43(31-35-13-9-7-10-14-35,32-36-15-11-8-12-16-36)42(47)24-20-34-18-22-38(40(30-34)49-6)51-28-26-45(3)4/h7-18,21-22,29-30H,19-20,23-28,31-32H2,1-6H3. The maximum Gasteiger partial charge on any atom is 0.161 e. The van der Waals surface area contributed by atoms with Crippen LogP contribution in [0.5, 0.6) is 23.0 Å². The summed E-state index contributed by atoms with van der Waals surface area (Å²) in [6.45, 7) is 2.63. The van der Waals surface area contributed by atoms with Gasteiger partial charge >= 0.3 is 0 Å². The van der Waals surface area contributed by atoms with Crippen LogP contribution in [0, 0.1) is 5.41 Å². The largest absolute Gasteiger partial charge is 0.493 e. The Balaban J connectivity index is 1.60. The number of methoxy groups -OCH3 is 2. The molecule has 0 aliphatic heterocycles. The van der Waals surface area contributed by atoms with Crippen molar-refractivity contribution in [1.82, 2.24) is 9.80 Å². The highest BCUT2D eigenvalue weighted by atomic mass is 16.5. The van der Waals surface area contributed by atoms with E-state index in [1.807, 2.05) is 125 Å². The fourth-order valence-electron chi connectivity index (χ4n) is 6.15. The molecule has 0 aliphatic carbocycles. The van der Waals surface area contributed by atoms with Crippen molar-refractivity contribution in [2.45, 2.75) is 38.5 Å². The lowest BCUT2D eigenvalue weighted by Gasteiger charge is -2.32. The molecule has 0 unspecified atom stereocenters. The van der Waals surface area contributed by atoms with Gasteiger partial charge in [-0.1, -0.05) is 72.8 Å². The molecule has 8 heteroatoms. The van der Waals surface area contributed by atoms with Gasteiger partial charge in [0.1, 0.15) is 24.8 Å². The van der Waals surface area contributed by atoms with Gasteiger partial charge in [0.15, 0.2) is 23.0 Å². The molecule has 272 valence electrons. The molecular formula is C43H54N2O6. The summed E-state index contributed by atoms with van der Waals surface area (Å²) < 4.78 is 23.2. The van der Waals surface area contributed by atoms with E-state index in [4.69, 9.17) is 18.9 Å². The average molecular weight is 695 g/mol. The van der Waals surface area contributed by atoms with Gasteiger partial charge in [0, 0.05) is 25.9 Å². The smallest absolute Gasteiger partial charge is 0.161 e. The lowest BCUT2D eigenvalue weighted by Crippen LogP contribution is -2.44. The Hall–Kier alpha value is -4.66. The highest BCUT2D eigenvalue weighted by molar-refractivity contribution is 6.07. The molecule has 4 rings (SSSR count). The number of carbonyl (C=O) groups is 2. The van der Waals surface area contributed by atoms with E-state index in [0.717, 1.165) is 35.3 Å². The predicted octanol–water partition coefficient (Wildman–Crippen LogP) is 6.76. The number of Topliss-reactive ketones (excluding diaryl/α,β-unsaturated/α-hetero) is 2. The summed E-state index contributed by atoms with van der Waals surface area (Å²) in [5, 5.41) is 0. The van der Waals surface area contributed by atoms with Crippen LogP contribution in [0.1, 0.15) is 35.1 Å². The Morgan fingerprint density at radius 3 is 1.27 bits per heavy atom. The molecule has 0 saturated carbocycles. The second kappa shape index (κ2) is 19.7. The van der Waals surface area contributed by atoms with Crippen molar-refractivity contribution in [3.63, 3.8) is 0 Å². The molecule has 0 aliphatic rings. The molecule has 51 heavy (non-hydrogen) atoms. The highest BCUT2D eigenvalue weighted by Gasteiger charge is 2.44. The van der Waals surface area contributed by atoms with Crippen LogP contribution in [0.4, 0.5) is 0 Å². The lowest BCUT2D eigenvalue weighted by molar-refractivity contribution is -0.141. The first kappa shape index (κ1) is 39.1. The van der Waals surface area contributed by atoms with Crippen LogP contribution in [0.2, 0.25) is 0 Å². The first-order valence-electron chi connectivity index (χ1n) is 17.7. The Labute approximate surface area is 304 Å².